The molecule has 2 atom stereocenters. The molecule has 1 saturated heterocycles. The van der Waals surface area contributed by atoms with Gasteiger partial charge < -0.3 is 10.6 Å². The van der Waals surface area contributed by atoms with E-state index in [0.29, 0.717) is 24.6 Å². The molecule has 6 nitrogen and oxygen atoms in total. The Morgan fingerprint density at radius 3 is 2.82 bits per heavy atom. The number of nitrogens with zero attached hydrogens (tertiary/aromatic N) is 4. The summed E-state index contributed by atoms with van der Waals surface area (Å²) in [7, 11) is 0. The van der Waals surface area contributed by atoms with Crippen LogP contribution in [-0.2, 0) is 0 Å². The standard InChI is InChI=1S/C15H15FN6/c16-12-7-17-8-13(12)21-14-11-6-20-22(15(11)19-9-18-14)10-4-2-1-3-5-10/h1-6,9,12-13,17H,7-8H2,(H,18,19,21)/t12-,13+/m1/s1. The van der Waals surface area contributed by atoms with E-state index in [1.165, 1.54) is 6.33 Å². The fourth-order valence-electron chi connectivity index (χ4n) is 2.68. The van der Waals surface area contributed by atoms with Crippen LogP contribution in [0.4, 0.5) is 10.2 Å². The van der Waals surface area contributed by atoms with Crippen LogP contribution in [0.3, 0.4) is 0 Å². The number of alkyl halides is 1. The summed E-state index contributed by atoms with van der Waals surface area (Å²) in [6.07, 6.45) is 2.26. The summed E-state index contributed by atoms with van der Waals surface area (Å²) in [5.41, 5.74) is 1.62. The highest BCUT2D eigenvalue weighted by Gasteiger charge is 2.27. The summed E-state index contributed by atoms with van der Waals surface area (Å²) in [5.74, 6) is 0.614. The van der Waals surface area contributed by atoms with Crippen LogP contribution in [0.2, 0.25) is 0 Å². The zero-order valence-corrected chi connectivity index (χ0v) is 11.8. The van der Waals surface area contributed by atoms with Crippen LogP contribution in [0.25, 0.3) is 16.7 Å². The molecule has 2 N–H and O–H groups in total. The van der Waals surface area contributed by atoms with E-state index in [-0.39, 0.29) is 6.04 Å². The molecule has 0 aliphatic carbocycles. The van der Waals surface area contributed by atoms with E-state index in [4.69, 9.17) is 0 Å². The smallest absolute Gasteiger partial charge is 0.168 e. The van der Waals surface area contributed by atoms with Crippen molar-refractivity contribution < 1.29 is 4.39 Å². The van der Waals surface area contributed by atoms with Crippen molar-refractivity contribution in [1.29, 1.82) is 0 Å². The fraction of sp³-hybridized carbons (Fsp3) is 0.267. The van der Waals surface area contributed by atoms with Crippen molar-refractivity contribution in [2.24, 2.45) is 0 Å². The van der Waals surface area contributed by atoms with Gasteiger partial charge in [0.25, 0.3) is 0 Å². The molecule has 0 saturated carbocycles. The lowest BCUT2D eigenvalue weighted by Gasteiger charge is -2.14. The van der Waals surface area contributed by atoms with E-state index in [1.807, 2.05) is 30.3 Å². The van der Waals surface area contributed by atoms with Gasteiger partial charge >= 0.3 is 0 Å². The fourth-order valence-corrected chi connectivity index (χ4v) is 2.68. The Kier molecular flexibility index (Phi) is 3.19. The third-order valence-electron chi connectivity index (χ3n) is 3.83. The van der Waals surface area contributed by atoms with Gasteiger partial charge in [-0.1, -0.05) is 18.2 Å². The third-order valence-corrected chi connectivity index (χ3v) is 3.83. The summed E-state index contributed by atoms with van der Waals surface area (Å²) in [6, 6.07) is 9.48. The van der Waals surface area contributed by atoms with Crippen LogP contribution < -0.4 is 10.6 Å². The normalized spacial score (nSPS) is 21.3. The summed E-state index contributed by atoms with van der Waals surface area (Å²) in [6.45, 7) is 0.953. The van der Waals surface area contributed by atoms with Gasteiger partial charge in [-0.3, -0.25) is 0 Å². The van der Waals surface area contributed by atoms with E-state index in [9.17, 15) is 4.39 Å². The number of anilines is 1. The molecule has 1 aliphatic rings. The van der Waals surface area contributed by atoms with E-state index in [0.717, 1.165) is 11.1 Å². The van der Waals surface area contributed by atoms with E-state index < -0.39 is 6.17 Å². The van der Waals surface area contributed by atoms with E-state index in [2.05, 4.69) is 25.7 Å². The lowest BCUT2D eigenvalue weighted by Crippen LogP contribution is -2.29. The van der Waals surface area contributed by atoms with Crippen LogP contribution >= 0.6 is 0 Å². The maximum atomic E-state index is 13.8. The van der Waals surface area contributed by atoms with Gasteiger partial charge in [0, 0.05) is 13.1 Å². The maximum absolute atomic E-state index is 13.8. The summed E-state index contributed by atoms with van der Waals surface area (Å²) in [5, 5.41) is 11.3. The van der Waals surface area contributed by atoms with E-state index in [1.54, 1.807) is 10.9 Å². The van der Waals surface area contributed by atoms with Crippen molar-refractivity contribution in [2.45, 2.75) is 12.2 Å². The minimum atomic E-state index is -0.922. The molecule has 1 aromatic carbocycles. The van der Waals surface area contributed by atoms with Crippen LogP contribution in [0, 0.1) is 0 Å². The Morgan fingerprint density at radius 1 is 1.18 bits per heavy atom. The molecule has 2 aromatic heterocycles. The molecule has 3 aromatic rings. The molecule has 0 unspecified atom stereocenters. The van der Waals surface area contributed by atoms with Gasteiger partial charge in [-0.15, -0.1) is 0 Å². The number of para-hydroxylation sites is 1. The Morgan fingerprint density at radius 2 is 2.05 bits per heavy atom. The average molecular weight is 298 g/mol. The van der Waals surface area contributed by atoms with Gasteiger partial charge in [0.2, 0.25) is 0 Å². The number of nitrogens with one attached hydrogen (secondary N) is 2. The second-order valence-corrected chi connectivity index (χ2v) is 5.28. The van der Waals surface area contributed by atoms with Crippen LogP contribution in [0.1, 0.15) is 0 Å². The molecule has 1 fully saturated rings. The first-order chi connectivity index (χ1) is 10.8. The van der Waals surface area contributed by atoms with Gasteiger partial charge in [0.15, 0.2) is 5.65 Å². The lowest BCUT2D eigenvalue weighted by atomic mass is 10.2. The summed E-state index contributed by atoms with van der Waals surface area (Å²) >= 11 is 0. The van der Waals surface area contributed by atoms with Crippen molar-refractivity contribution in [3.63, 3.8) is 0 Å². The van der Waals surface area contributed by atoms with Gasteiger partial charge in [0.1, 0.15) is 18.3 Å². The maximum Gasteiger partial charge on any atom is 0.168 e. The highest BCUT2D eigenvalue weighted by molar-refractivity contribution is 5.87. The van der Waals surface area contributed by atoms with Crippen LogP contribution in [0.5, 0.6) is 0 Å². The molecular weight excluding hydrogens is 283 g/mol. The first-order valence-corrected chi connectivity index (χ1v) is 7.18. The Labute approximate surface area is 126 Å². The van der Waals surface area contributed by atoms with Crippen LogP contribution in [0.15, 0.2) is 42.9 Å². The number of hydrogen-bond donors (Lipinski definition) is 2. The van der Waals surface area contributed by atoms with Gasteiger partial charge in [-0.2, -0.15) is 5.10 Å². The largest absolute Gasteiger partial charge is 0.362 e. The van der Waals surface area contributed by atoms with Crippen molar-refractivity contribution >= 4 is 16.9 Å². The SMILES string of the molecule is F[C@@H]1CNC[C@@H]1Nc1ncnc2c1cnn2-c1ccccc1. The molecule has 0 radical (unpaired) electrons. The second kappa shape index (κ2) is 5.34. The molecule has 3 heterocycles. The monoisotopic (exact) mass is 298 g/mol. The minimum Gasteiger partial charge on any atom is -0.362 e. The highest BCUT2D eigenvalue weighted by Crippen LogP contribution is 2.23. The molecular formula is C15H15FN6. The second-order valence-electron chi connectivity index (χ2n) is 5.28. The number of hydrogen-bond acceptors (Lipinski definition) is 5. The summed E-state index contributed by atoms with van der Waals surface area (Å²) < 4.78 is 15.5. The molecule has 0 bridgehead atoms. The molecule has 22 heavy (non-hydrogen) atoms. The first-order valence-electron chi connectivity index (χ1n) is 7.18. The predicted molar refractivity (Wildman–Crippen MR) is 81.8 cm³/mol. The van der Waals surface area contributed by atoms with Gasteiger partial charge in [-0.05, 0) is 12.1 Å². The van der Waals surface area contributed by atoms with Crippen molar-refractivity contribution in [3.8, 4) is 5.69 Å². The molecule has 0 spiro atoms. The highest BCUT2D eigenvalue weighted by atomic mass is 19.1. The number of halogens is 1. The van der Waals surface area contributed by atoms with Crippen LogP contribution in [-0.4, -0.2) is 45.1 Å². The quantitative estimate of drug-likeness (QED) is 0.767. The lowest BCUT2D eigenvalue weighted by molar-refractivity contribution is 0.342. The topological polar surface area (TPSA) is 67.7 Å². The molecule has 0 amide bonds. The Hall–Kier alpha value is -2.54. The van der Waals surface area contributed by atoms with Crippen molar-refractivity contribution in [2.75, 3.05) is 18.4 Å². The number of benzene rings is 1. The van der Waals surface area contributed by atoms with Crippen molar-refractivity contribution in [3.05, 3.63) is 42.9 Å². The molecule has 112 valence electrons. The average Bonchev–Trinajstić information content (AvgIpc) is 3.16. The van der Waals surface area contributed by atoms with Crippen molar-refractivity contribution in [1.82, 2.24) is 25.1 Å². The Balaban J connectivity index is 1.74. The zero-order chi connectivity index (χ0) is 14.9. The van der Waals surface area contributed by atoms with Gasteiger partial charge in [0.05, 0.1) is 23.3 Å². The number of fused-ring (bicyclic) bond motifs is 1. The predicted octanol–water partition coefficient (Wildman–Crippen LogP) is 1.54. The number of aromatic nitrogens is 4. The number of rotatable bonds is 3. The minimum absolute atomic E-state index is 0.279. The first kappa shape index (κ1) is 13.1. The summed E-state index contributed by atoms with van der Waals surface area (Å²) in [4.78, 5) is 8.55. The Bertz CT molecular complexity index is 787. The molecule has 4 rings (SSSR count). The zero-order valence-electron chi connectivity index (χ0n) is 11.8. The third kappa shape index (κ3) is 2.19. The van der Waals surface area contributed by atoms with Gasteiger partial charge in [-0.25, -0.2) is 19.0 Å². The molecule has 7 heteroatoms. The molecule has 1 aliphatic heterocycles. The van der Waals surface area contributed by atoms with E-state index >= 15 is 0 Å².